The zero-order valence-corrected chi connectivity index (χ0v) is 15.1. The van der Waals surface area contributed by atoms with Gasteiger partial charge in [-0.2, -0.15) is 5.21 Å². The summed E-state index contributed by atoms with van der Waals surface area (Å²) >= 11 is 0. The van der Waals surface area contributed by atoms with Crippen LogP contribution in [0.4, 0.5) is 0 Å². The van der Waals surface area contributed by atoms with E-state index in [0.717, 1.165) is 0 Å². The topological polar surface area (TPSA) is 215 Å². The third-order valence-corrected chi connectivity index (χ3v) is 4.52. The first-order valence-electron chi connectivity index (χ1n) is 8.67. The molecule has 0 aromatic heterocycles. The lowest BCUT2D eigenvalue weighted by atomic mass is 9.98. The number of aliphatic hydroxyl groups excluding tert-OH is 7. The minimum absolute atomic E-state index is 0.145. The molecule has 2 aliphatic heterocycles. The molecule has 28 heavy (non-hydrogen) atoms. The smallest absolute Gasteiger partial charge is 0.188 e. The standard InChI is InChI=1S/C14H28N2O12/c1-16(24)15-4-26-14-12(23)10(21)8(19)6(28-14)3-25-13-11(22)9(20)7(18)5(2-17)27-13/h5-15,17-24H,2-4H2,1H3/p+1/t5-,6-,7-,8-,9+,10+,11-,12-,13-,14-/m1/s1. The number of hydrogen-bond acceptors (Lipinski definition) is 13. The van der Waals surface area contributed by atoms with Crippen LogP contribution < -0.4 is 10.6 Å². The highest BCUT2D eigenvalue weighted by Crippen LogP contribution is 2.25. The molecule has 2 heterocycles. The zero-order chi connectivity index (χ0) is 21.0. The molecule has 0 radical (unpaired) electrons. The summed E-state index contributed by atoms with van der Waals surface area (Å²) in [4.78, 5) is 0. The molecule has 2 saturated heterocycles. The van der Waals surface area contributed by atoms with Crippen LogP contribution in [0.1, 0.15) is 0 Å². The highest BCUT2D eigenvalue weighted by atomic mass is 16.7. The van der Waals surface area contributed by atoms with E-state index in [-0.39, 0.29) is 11.9 Å². The van der Waals surface area contributed by atoms with Crippen molar-refractivity contribution in [1.29, 1.82) is 0 Å². The zero-order valence-electron chi connectivity index (χ0n) is 15.1. The quantitative estimate of drug-likeness (QED) is 0.131. The van der Waals surface area contributed by atoms with Crippen molar-refractivity contribution in [2.24, 2.45) is 0 Å². The fourth-order valence-corrected chi connectivity index (χ4v) is 2.81. The van der Waals surface area contributed by atoms with Crippen LogP contribution in [0.25, 0.3) is 0 Å². The van der Waals surface area contributed by atoms with Crippen LogP contribution in [0.5, 0.6) is 0 Å². The molecule has 0 aromatic rings. The van der Waals surface area contributed by atoms with Crippen LogP contribution in [0.15, 0.2) is 0 Å². The van der Waals surface area contributed by atoms with Gasteiger partial charge >= 0.3 is 0 Å². The molecule has 1 unspecified atom stereocenters. The largest absolute Gasteiger partial charge is 0.394 e. The van der Waals surface area contributed by atoms with E-state index in [0.29, 0.717) is 0 Å². The van der Waals surface area contributed by atoms with Crippen molar-refractivity contribution in [3.8, 4) is 0 Å². The van der Waals surface area contributed by atoms with E-state index in [2.05, 4.69) is 5.43 Å². The van der Waals surface area contributed by atoms with Gasteiger partial charge in [-0.05, 0) is 0 Å². The molecule has 0 amide bonds. The van der Waals surface area contributed by atoms with Crippen molar-refractivity contribution in [2.75, 3.05) is 27.0 Å². The van der Waals surface area contributed by atoms with Crippen molar-refractivity contribution in [1.82, 2.24) is 5.43 Å². The molecule has 0 saturated carbocycles. The van der Waals surface area contributed by atoms with Crippen LogP contribution in [-0.4, -0.2) is 129 Å². The number of hydroxylamine groups is 1. The molecule has 2 fully saturated rings. The second-order valence-corrected chi connectivity index (χ2v) is 6.62. The van der Waals surface area contributed by atoms with Crippen molar-refractivity contribution >= 4 is 0 Å². The average Bonchev–Trinajstić information content (AvgIpc) is 2.66. The molecule has 0 spiro atoms. The van der Waals surface area contributed by atoms with Gasteiger partial charge in [0.1, 0.15) is 62.6 Å². The third-order valence-electron chi connectivity index (χ3n) is 4.52. The Labute approximate surface area is 160 Å². The number of hydrogen-bond donors (Lipinski definition) is 10. The Morgan fingerprint density at radius 1 is 0.786 bits per heavy atom. The second kappa shape index (κ2) is 10.5. The fourth-order valence-electron chi connectivity index (χ4n) is 2.81. The Bertz CT molecular complexity index is 472. The summed E-state index contributed by atoms with van der Waals surface area (Å²) in [6, 6.07) is 0. The molecule has 166 valence electrons. The maximum absolute atomic E-state index is 10.1. The third kappa shape index (κ3) is 5.53. The minimum Gasteiger partial charge on any atom is -0.394 e. The van der Waals surface area contributed by atoms with E-state index in [1.54, 1.807) is 0 Å². The number of quaternary nitrogens is 1. The van der Waals surface area contributed by atoms with Crippen LogP contribution in [-0.2, 0) is 18.9 Å². The second-order valence-electron chi connectivity index (χ2n) is 6.62. The molecule has 0 aliphatic carbocycles. The van der Waals surface area contributed by atoms with Gasteiger partial charge in [0.2, 0.25) is 0 Å². The Morgan fingerprint density at radius 3 is 1.82 bits per heavy atom. The molecular weight excluding hydrogens is 388 g/mol. The number of ether oxygens (including phenoxy) is 4. The normalized spacial score (nSPS) is 45.8. The number of aliphatic hydroxyl groups is 7. The van der Waals surface area contributed by atoms with Crippen LogP contribution >= 0.6 is 0 Å². The molecule has 2 rings (SSSR count). The lowest BCUT2D eigenvalue weighted by Gasteiger charge is -2.42. The van der Waals surface area contributed by atoms with Gasteiger partial charge in [-0.15, -0.1) is 10.6 Å². The lowest BCUT2D eigenvalue weighted by Crippen LogP contribution is -3.13. The Kier molecular flexibility index (Phi) is 8.86. The predicted octanol–water partition coefficient (Wildman–Crippen LogP) is -7.01. The van der Waals surface area contributed by atoms with E-state index in [9.17, 15) is 30.6 Å². The molecular formula is C14H29N2O12+. The van der Waals surface area contributed by atoms with E-state index >= 15 is 0 Å². The van der Waals surface area contributed by atoms with Gasteiger partial charge in [0.25, 0.3) is 0 Å². The molecule has 14 nitrogen and oxygen atoms in total. The maximum Gasteiger partial charge on any atom is 0.188 e. The Morgan fingerprint density at radius 2 is 1.29 bits per heavy atom. The molecule has 0 bridgehead atoms. The molecule has 2 aliphatic rings. The van der Waals surface area contributed by atoms with Gasteiger partial charge in [-0.1, -0.05) is 0 Å². The van der Waals surface area contributed by atoms with E-state index in [1.165, 1.54) is 7.05 Å². The summed E-state index contributed by atoms with van der Waals surface area (Å²) in [5.74, 6) is 0. The van der Waals surface area contributed by atoms with Gasteiger partial charge in [0.05, 0.1) is 13.2 Å². The SMILES string of the molecule is C[NH+](O)NCO[C@@H]1O[C@H](CO[C@@H]2O[C@H](CO)[C@@H](O)[C@H](O)[C@H]2O)[C@@H](O)[C@H](O)[C@H]1O. The summed E-state index contributed by atoms with van der Waals surface area (Å²) < 4.78 is 21.0. The molecule has 0 aromatic carbocycles. The van der Waals surface area contributed by atoms with Crippen molar-refractivity contribution in [3.63, 3.8) is 0 Å². The first-order chi connectivity index (χ1) is 13.2. The summed E-state index contributed by atoms with van der Waals surface area (Å²) in [5.41, 5.74) is 2.42. The molecule has 14 heteroatoms. The lowest BCUT2D eigenvalue weighted by molar-refractivity contribution is -1.11. The van der Waals surface area contributed by atoms with Gasteiger partial charge < -0.3 is 54.7 Å². The van der Waals surface area contributed by atoms with Crippen LogP contribution in [0, 0.1) is 0 Å². The van der Waals surface area contributed by atoms with Gasteiger partial charge in [0.15, 0.2) is 12.6 Å². The van der Waals surface area contributed by atoms with Crippen molar-refractivity contribution in [2.45, 2.75) is 61.4 Å². The van der Waals surface area contributed by atoms with Crippen LogP contribution in [0.2, 0.25) is 0 Å². The van der Waals surface area contributed by atoms with Crippen molar-refractivity contribution < 1.29 is 65.1 Å². The summed E-state index contributed by atoms with van der Waals surface area (Å²) in [6.45, 7) is -1.35. The van der Waals surface area contributed by atoms with Gasteiger partial charge in [0, 0.05) is 0 Å². The van der Waals surface area contributed by atoms with E-state index in [4.69, 9.17) is 29.3 Å². The van der Waals surface area contributed by atoms with Crippen LogP contribution in [0.3, 0.4) is 0 Å². The van der Waals surface area contributed by atoms with Gasteiger partial charge in [-0.25, -0.2) is 0 Å². The highest BCUT2D eigenvalue weighted by molar-refractivity contribution is 4.91. The maximum atomic E-state index is 10.1. The summed E-state index contributed by atoms with van der Waals surface area (Å²) in [5, 5.41) is 77.4. The first kappa shape index (κ1) is 23.7. The van der Waals surface area contributed by atoms with E-state index in [1.807, 2.05) is 0 Å². The monoisotopic (exact) mass is 417 g/mol. The molecule has 10 N–H and O–H groups in total. The Hall–Kier alpha value is -0.560. The fraction of sp³-hybridized carbons (Fsp3) is 1.00. The highest BCUT2D eigenvalue weighted by Gasteiger charge is 2.47. The molecule has 11 atom stereocenters. The Balaban J connectivity index is 1.93. The van der Waals surface area contributed by atoms with E-state index < -0.39 is 74.6 Å². The predicted molar refractivity (Wildman–Crippen MR) is 84.2 cm³/mol. The first-order valence-corrected chi connectivity index (χ1v) is 8.67. The minimum atomic E-state index is -1.65. The number of rotatable bonds is 8. The summed E-state index contributed by atoms with van der Waals surface area (Å²) in [6.07, 6.45) is -14.8. The average molecular weight is 417 g/mol. The van der Waals surface area contributed by atoms with Crippen molar-refractivity contribution in [3.05, 3.63) is 0 Å². The number of nitrogens with one attached hydrogen (secondary N) is 2. The summed E-state index contributed by atoms with van der Waals surface area (Å²) in [7, 11) is 1.36. The van der Waals surface area contributed by atoms with Gasteiger partial charge in [-0.3, -0.25) is 0 Å².